The lowest BCUT2D eigenvalue weighted by Gasteiger charge is -2.14. The Morgan fingerprint density at radius 2 is 1.72 bits per heavy atom. The maximum Gasteiger partial charge on any atom is 0.293 e. The van der Waals surface area contributed by atoms with Crippen molar-refractivity contribution < 1.29 is 24.0 Å². The Morgan fingerprint density at radius 1 is 1.03 bits per heavy atom. The van der Waals surface area contributed by atoms with Crippen LogP contribution in [-0.4, -0.2) is 28.1 Å². The van der Waals surface area contributed by atoms with Gasteiger partial charge < -0.3 is 9.47 Å². The number of thioether (sulfide) groups is 1. The first-order valence-corrected chi connectivity index (χ1v) is 12.1. The van der Waals surface area contributed by atoms with Crippen LogP contribution in [0.25, 0.3) is 6.08 Å². The fraction of sp³-hybridized carbons (Fsp3) is 0.120. The minimum atomic E-state index is -0.612. The lowest BCUT2D eigenvalue weighted by atomic mass is 10.1. The molecule has 1 fully saturated rings. The first kappa shape index (κ1) is 25.6. The van der Waals surface area contributed by atoms with Crippen molar-refractivity contribution in [2.24, 2.45) is 0 Å². The van der Waals surface area contributed by atoms with E-state index in [0.717, 1.165) is 10.5 Å². The lowest BCUT2D eigenvalue weighted by Crippen LogP contribution is -2.27. The van der Waals surface area contributed by atoms with E-state index in [1.807, 2.05) is 30.3 Å². The van der Waals surface area contributed by atoms with Crippen molar-refractivity contribution in [3.63, 3.8) is 0 Å². The molecule has 8 nitrogen and oxygen atoms in total. The number of rotatable bonds is 8. The fourth-order valence-corrected chi connectivity index (χ4v) is 4.81. The number of imide groups is 1. The quantitative estimate of drug-likeness (QED) is 0.176. The molecule has 0 unspecified atom stereocenters. The van der Waals surface area contributed by atoms with Crippen molar-refractivity contribution >= 4 is 57.9 Å². The summed E-state index contributed by atoms with van der Waals surface area (Å²) in [6.45, 7) is 0.0510. The van der Waals surface area contributed by atoms with Crippen LogP contribution < -0.4 is 9.47 Å². The SMILES string of the molecule is COc1cc(/C=C2/SC(=O)N(Cc3c(Cl)cccc3Cl)C2=O)c([N+](=O)[O-])cc1OCc1ccccc1. The minimum absolute atomic E-state index is 0.0197. The van der Waals surface area contributed by atoms with Crippen LogP contribution in [0.5, 0.6) is 11.5 Å². The number of ether oxygens (including phenoxy) is 2. The highest BCUT2D eigenvalue weighted by Gasteiger charge is 2.36. The van der Waals surface area contributed by atoms with Gasteiger partial charge in [0.2, 0.25) is 0 Å². The smallest absolute Gasteiger partial charge is 0.293 e. The lowest BCUT2D eigenvalue weighted by molar-refractivity contribution is -0.385. The number of amides is 2. The zero-order valence-electron chi connectivity index (χ0n) is 18.8. The molecule has 1 aliphatic heterocycles. The van der Waals surface area contributed by atoms with Crippen LogP contribution in [0, 0.1) is 10.1 Å². The third-order valence-corrected chi connectivity index (χ3v) is 6.90. The maximum atomic E-state index is 13.0. The molecule has 1 aliphatic rings. The van der Waals surface area contributed by atoms with E-state index in [-0.39, 0.29) is 40.8 Å². The molecule has 0 radical (unpaired) electrons. The molecule has 1 heterocycles. The van der Waals surface area contributed by atoms with E-state index < -0.39 is 16.1 Å². The van der Waals surface area contributed by atoms with Gasteiger partial charge in [-0.2, -0.15) is 0 Å². The summed E-state index contributed by atoms with van der Waals surface area (Å²) in [6.07, 6.45) is 1.29. The normalized spacial score (nSPS) is 14.4. The van der Waals surface area contributed by atoms with Crippen LogP contribution in [-0.2, 0) is 17.9 Å². The molecule has 3 aromatic carbocycles. The maximum absolute atomic E-state index is 13.0. The number of nitro groups is 1. The van der Waals surface area contributed by atoms with E-state index in [4.69, 9.17) is 32.7 Å². The molecule has 4 rings (SSSR count). The van der Waals surface area contributed by atoms with Gasteiger partial charge in [0.15, 0.2) is 11.5 Å². The van der Waals surface area contributed by atoms with Gasteiger partial charge >= 0.3 is 0 Å². The molecule has 0 aliphatic carbocycles. The summed E-state index contributed by atoms with van der Waals surface area (Å²) in [4.78, 5) is 37.9. The summed E-state index contributed by atoms with van der Waals surface area (Å²) in [5.41, 5.74) is 1.08. The molecule has 0 spiro atoms. The van der Waals surface area contributed by atoms with Crippen LogP contribution in [0.1, 0.15) is 16.7 Å². The largest absolute Gasteiger partial charge is 0.493 e. The van der Waals surface area contributed by atoms with Gasteiger partial charge in [0.05, 0.1) is 35.1 Å². The second-order valence-corrected chi connectivity index (χ2v) is 9.37. The highest BCUT2D eigenvalue weighted by atomic mass is 35.5. The molecular weight excluding hydrogens is 527 g/mol. The molecule has 3 aromatic rings. The van der Waals surface area contributed by atoms with Crippen molar-refractivity contribution in [1.82, 2.24) is 4.90 Å². The molecule has 36 heavy (non-hydrogen) atoms. The van der Waals surface area contributed by atoms with Gasteiger partial charge in [-0.3, -0.25) is 24.6 Å². The Bertz CT molecular complexity index is 1360. The summed E-state index contributed by atoms with van der Waals surface area (Å²) < 4.78 is 11.1. The molecule has 2 amide bonds. The Morgan fingerprint density at radius 3 is 2.36 bits per heavy atom. The molecule has 1 saturated heterocycles. The summed E-state index contributed by atoms with van der Waals surface area (Å²) in [7, 11) is 1.40. The van der Waals surface area contributed by atoms with Gasteiger partial charge in [0.25, 0.3) is 16.8 Å². The zero-order valence-corrected chi connectivity index (χ0v) is 21.1. The average molecular weight is 545 g/mol. The van der Waals surface area contributed by atoms with E-state index in [9.17, 15) is 19.7 Å². The summed E-state index contributed by atoms with van der Waals surface area (Å²) >= 11 is 13.0. The highest BCUT2D eigenvalue weighted by molar-refractivity contribution is 8.18. The van der Waals surface area contributed by atoms with E-state index in [0.29, 0.717) is 27.4 Å². The highest BCUT2D eigenvalue weighted by Crippen LogP contribution is 2.40. The molecule has 11 heteroatoms. The van der Waals surface area contributed by atoms with Crippen molar-refractivity contribution in [2.45, 2.75) is 13.2 Å². The van der Waals surface area contributed by atoms with E-state index in [1.54, 1.807) is 18.2 Å². The average Bonchev–Trinajstić information content (AvgIpc) is 3.12. The van der Waals surface area contributed by atoms with Crippen LogP contribution in [0.4, 0.5) is 10.5 Å². The number of carbonyl (C=O) groups is 2. The molecule has 0 N–H and O–H groups in total. The standard InChI is InChI=1S/C25H18Cl2N2O6S/c1-34-21-10-16(20(29(32)33)12-22(21)35-14-15-6-3-2-4-7-15)11-23-24(30)28(25(31)36-23)13-17-18(26)8-5-9-19(17)27/h2-12H,13-14H2,1H3/b23-11+. The van der Waals surface area contributed by atoms with Gasteiger partial charge in [0, 0.05) is 15.6 Å². The van der Waals surface area contributed by atoms with Crippen molar-refractivity contribution in [3.05, 3.63) is 102 Å². The summed E-state index contributed by atoms with van der Waals surface area (Å²) in [5, 5.41) is 11.9. The molecule has 0 atom stereocenters. The Balaban J connectivity index is 1.63. The van der Waals surface area contributed by atoms with E-state index in [1.165, 1.54) is 25.3 Å². The third kappa shape index (κ3) is 5.48. The Kier molecular flexibility index (Phi) is 7.83. The third-order valence-electron chi connectivity index (χ3n) is 5.28. The van der Waals surface area contributed by atoms with Gasteiger partial charge in [-0.1, -0.05) is 59.6 Å². The summed E-state index contributed by atoms with van der Waals surface area (Å²) in [6, 6.07) is 16.8. The van der Waals surface area contributed by atoms with Gasteiger partial charge in [-0.25, -0.2) is 0 Å². The predicted molar refractivity (Wildman–Crippen MR) is 138 cm³/mol. The van der Waals surface area contributed by atoms with E-state index in [2.05, 4.69) is 0 Å². The second kappa shape index (κ2) is 11.0. The molecule has 0 aromatic heterocycles. The fourth-order valence-electron chi connectivity index (χ4n) is 3.47. The monoisotopic (exact) mass is 544 g/mol. The first-order valence-electron chi connectivity index (χ1n) is 10.5. The number of hydrogen-bond donors (Lipinski definition) is 0. The van der Waals surface area contributed by atoms with Crippen LogP contribution in [0.15, 0.2) is 65.6 Å². The molecule has 0 saturated carbocycles. The number of halogens is 2. The zero-order chi connectivity index (χ0) is 25.8. The van der Waals surface area contributed by atoms with Gasteiger partial charge in [-0.05, 0) is 41.6 Å². The van der Waals surface area contributed by atoms with Crippen LogP contribution in [0.3, 0.4) is 0 Å². The van der Waals surface area contributed by atoms with Crippen molar-refractivity contribution in [3.8, 4) is 11.5 Å². The summed E-state index contributed by atoms with van der Waals surface area (Å²) in [5.74, 6) is -0.199. The minimum Gasteiger partial charge on any atom is -0.493 e. The van der Waals surface area contributed by atoms with Gasteiger partial charge in [-0.15, -0.1) is 0 Å². The van der Waals surface area contributed by atoms with Crippen LogP contribution >= 0.6 is 35.0 Å². The molecule has 0 bridgehead atoms. The number of hydrogen-bond acceptors (Lipinski definition) is 7. The molecule has 184 valence electrons. The van der Waals surface area contributed by atoms with Gasteiger partial charge in [0.1, 0.15) is 6.61 Å². The number of nitrogens with zero attached hydrogens (tertiary/aromatic N) is 2. The van der Waals surface area contributed by atoms with Crippen molar-refractivity contribution in [2.75, 3.05) is 7.11 Å². The van der Waals surface area contributed by atoms with Crippen molar-refractivity contribution in [1.29, 1.82) is 0 Å². The second-order valence-electron chi connectivity index (χ2n) is 7.56. The number of carbonyl (C=O) groups excluding carboxylic acids is 2. The number of nitro benzene ring substituents is 1. The number of benzene rings is 3. The number of methoxy groups -OCH3 is 1. The Labute approximate surface area is 220 Å². The van der Waals surface area contributed by atoms with Crippen LogP contribution in [0.2, 0.25) is 10.0 Å². The Hall–Kier alpha value is -3.53. The van der Waals surface area contributed by atoms with E-state index >= 15 is 0 Å². The molecular formula is C25H18Cl2N2O6S. The first-order chi connectivity index (χ1) is 17.3. The predicted octanol–water partition coefficient (Wildman–Crippen LogP) is 6.73. The topological polar surface area (TPSA) is 99.0 Å².